The Morgan fingerprint density at radius 3 is 1.56 bits per heavy atom. The molecular weight excluding hydrogens is 655 g/mol. The van der Waals surface area contributed by atoms with Crippen LogP contribution in [0.25, 0.3) is 77.2 Å². The average Bonchev–Trinajstić information content (AvgIpc) is 3.64. The molecule has 0 N–H and O–H groups in total. The number of para-hydroxylation sites is 3. The molecule has 10 rings (SSSR count). The smallest absolute Gasteiger partial charge is 0.159 e. The van der Waals surface area contributed by atoms with Crippen LogP contribution >= 0.6 is 0 Å². The van der Waals surface area contributed by atoms with E-state index in [-0.39, 0.29) is 0 Å². The van der Waals surface area contributed by atoms with Gasteiger partial charge < -0.3 is 9.32 Å². The zero-order valence-corrected chi connectivity index (χ0v) is 29.6. The lowest BCUT2D eigenvalue weighted by atomic mass is 9.88. The molecule has 0 amide bonds. The standard InChI is InChI=1S/C52H35NO/c1-2-16-36(17-3-1)37-32-34-39(35-33-37)40-20-6-7-22-42(40)43-23-8-9-24-44(43)45-25-10-12-28-49(45)53(48-29-14-19-38-18-4-5-21-41(38)48)50-30-15-27-47-46-26-11-13-31-51(46)54-52(47)50/h1-35H. The van der Waals surface area contributed by atoms with Gasteiger partial charge in [0.15, 0.2) is 5.58 Å². The zero-order valence-electron chi connectivity index (χ0n) is 29.6. The van der Waals surface area contributed by atoms with Gasteiger partial charge in [0, 0.05) is 21.7 Å². The van der Waals surface area contributed by atoms with Crippen molar-refractivity contribution in [1.29, 1.82) is 0 Å². The van der Waals surface area contributed by atoms with Gasteiger partial charge in [-0.2, -0.15) is 0 Å². The molecule has 0 unspecified atom stereocenters. The van der Waals surface area contributed by atoms with Crippen LogP contribution in [-0.2, 0) is 0 Å². The van der Waals surface area contributed by atoms with Crippen molar-refractivity contribution in [3.05, 3.63) is 212 Å². The quantitative estimate of drug-likeness (QED) is 0.166. The molecule has 10 aromatic rings. The maximum atomic E-state index is 6.72. The number of hydrogen-bond acceptors (Lipinski definition) is 2. The van der Waals surface area contributed by atoms with Gasteiger partial charge in [-0.05, 0) is 68.6 Å². The molecular formula is C52H35NO. The van der Waals surface area contributed by atoms with Crippen LogP contribution in [0.5, 0.6) is 0 Å². The molecule has 0 aliphatic rings. The Balaban J connectivity index is 1.18. The second-order valence-electron chi connectivity index (χ2n) is 13.6. The number of furan rings is 1. The molecule has 0 aliphatic carbocycles. The molecule has 0 saturated heterocycles. The first-order chi connectivity index (χ1) is 26.8. The number of fused-ring (bicyclic) bond motifs is 4. The highest BCUT2D eigenvalue weighted by Gasteiger charge is 2.24. The summed E-state index contributed by atoms with van der Waals surface area (Å²) in [5.74, 6) is 0. The minimum atomic E-state index is 0.860. The topological polar surface area (TPSA) is 16.4 Å². The molecule has 2 heteroatoms. The Hall–Kier alpha value is -7.16. The second-order valence-corrected chi connectivity index (χ2v) is 13.6. The molecule has 0 radical (unpaired) electrons. The maximum Gasteiger partial charge on any atom is 0.159 e. The normalized spacial score (nSPS) is 11.3. The van der Waals surface area contributed by atoms with Crippen molar-refractivity contribution >= 4 is 49.8 Å². The summed E-state index contributed by atoms with van der Waals surface area (Å²) >= 11 is 0. The first-order valence-electron chi connectivity index (χ1n) is 18.4. The fourth-order valence-electron chi connectivity index (χ4n) is 7.99. The first-order valence-corrected chi connectivity index (χ1v) is 18.4. The highest BCUT2D eigenvalue weighted by Crippen LogP contribution is 2.49. The van der Waals surface area contributed by atoms with E-state index in [9.17, 15) is 0 Å². The van der Waals surface area contributed by atoms with E-state index in [2.05, 4.69) is 211 Å². The average molecular weight is 690 g/mol. The Labute approximate surface area is 314 Å². The van der Waals surface area contributed by atoms with Gasteiger partial charge in [0.2, 0.25) is 0 Å². The third-order valence-corrected chi connectivity index (χ3v) is 10.5. The number of rotatable bonds is 7. The van der Waals surface area contributed by atoms with Crippen molar-refractivity contribution < 1.29 is 4.42 Å². The van der Waals surface area contributed by atoms with Crippen molar-refractivity contribution in [3.63, 3.8) is 0 Å². The molecule has 0 saturated carbocycles. The lowest BCUT2D eigenvalue weighted by Gasteiger charge is -2.29. The van der Waals surface area contributed by atoms with Crippen LogP contribution < -0.4 is 4.90 Å². The molecule has 0 fully saturated rings. The summed E-state index contributed by atoms with van der Waals surface area (Å²) in [6.45, 7) is 0. The fraction of sp³-hybridized carbons (Fsp3) is 0. The van der Waals surface area contributed by atoms with Crippen LogP contribution in [0.1, 0.15) is 0 Å². The van der Waals surface area contributed by atoms with Gasteiger partial charge in [0.25, 0.3) is 0 Å². The van der Waals surface area contributed by atoms with Crippen LogP contribution in [0.15, 0.2) is 217 Å². The molecule has 0 spiro atoms. The van der Waals surface area contributed by atoms with Crippen LogP contribution in [0, 0.1) is 0 Å². The van der Waals surface area contributed by atoms with E-state index in [1.165, 1.54) is 44.2 Å². The molecule has 0 bridgehead atoms. The molecule has 54 heavy (non-hydrogen) atoms. The van der Waals surface area contributed by atoms with Crippen molar-refractivity contribution in [2.75, 3.05) is 4.90 Å². The summed E-state index contributed by atoms with van der Waals surface area (Å²) in [5.41, 5.74) is 14.3. The van der Waals surface area contributed by atoms with E-state index < -0.39 is 0 Å². The van der Waals surface area contributed by atoms with E-state index in [0.717, 1.165) is 50.1 Å². The molecule has 2 nitrogen and oxygen atoms in total. The van der Waals surface area contributed by atoms with Crippen LogP contribution in [0.3, 0.4) is 0 Å². The maximum absolute atomic E-state index is 6.72. The Bertz CT molecular complexity index is 2930. The number of anilines is 3. The van der Waals surface area contributed by atoms with E-state index in [0.29, 0.717) is 0 Å². The van der Waals surface area contributed by atoms with Crippen molar-refractivity contribution in [2.24, 2.45) is 0 Å². The highest BCUT2D eigenvalue weighted by molar-refractivity contribution is 6.12. The van der Waals surface area contributed by atoms with Gasteiger partial charge in [0.1, 0.15) is 5.58 Å². The SMILES string of the molecule is c1ccc(-c2ccc(-c3ccccc3-c3ccccc3-c3ccccc3N(c3cccc4ccccc34)c3cccc4c3oc3ccccc34)cc2)cc1. The molecule has 254 valence electrons. The van der Waals surface area contributed by atoms with E-state index in [1.807, 2.05) is 6.07 Å². The summed E-state index contributed by atoms with van der Waals surface area (Å²) in [6.07, 6.45) is 0. The zero-order chi connectivity index (χ0) is 35.8. The molecule has 0 aliphatic heterocycles. The minimum absolute atomic E-state index is 0.860. The van der Waals surface area contributed by atoms with E-state index >= 15 is 0 Å². The Morgan fingerprint density at radius 2 is 0.759 bits per heavy atom. The van der Waals surface area contributed by atoms with Gasteiger partial charge in [0.05, 0.1) is 17.1 Å². The summed E-state index contributed by atoms with van der Waals surface area (Å²) in [6, 6.07) is 75.8. The Morgan fingerprint density at radius 1 is 0.278 bits per heavy atom. The monoisotopic (exact) mass is 689 g/mol. The van der Waals surface area contributed by atoms with Crippen molar-refractivity contribution in [1.82, 2.24) is 0 Å². The van der Waals surface area contributed by atoms with Crippen molar-refractivity contribution in [2.45, 2.75) is 0 Å². The van der Waals surface area contributed by atoms with E-state index in [1.54, 1.807) is 0 Å². The van der Waals surface area contributed by atoms with Crippen LogP contribution in [0.4, 0.5) is 17.1 Å². The summed E-state index contributed by atoms with van der Waals surface area (Å²) in [5, 5.41) is 4.56. The first kappa shape index (κ1) is 31.6. The number of benzene rings is 9. The van der Waals surface area contributed by atoms with Crippen LogP contribution in [0.2, 0.25) is 0 Å². The molecule has 9 aromatic carbocycles. The minimum Gasteiger partial charge on any atom is -0.454 e. The molecule has 1 heterocycles. The van der Waals surface area contributed by atoms with E-state index in [4.69, 9.17) is 4.42 Å². The predicted octanol–water partition coefficient (Wildman–Crippen LogP) is 14.9. The Kier molecular flexibility index (Phi) is 7.85. The molecule has 0 atom stereocenters. The highest BCUT2D eigenvalue weighted by atomic mass is 16.3. The summed E-state index contributed by atoms with van der Waals surface area (Å²) < 4.78 is 6.72. The predicted molar refractivity (Wildman–Crippen MR) is 228 cm³/mol. The third kappa shape index (κ3) is 5.44. The van der Waals surface area contributed by atoms with Gasteiger partial charge in [-0.15, -0.1) is 0 Å². The van der Waals surface area contributed by atoms with Gasteiger partial charge in [-0.1, -0.05) is 188 Å². The number of nitrogens with zero attached hydrogens (tertiary/aromatic N) is 1. The lowest BCUT2D eigenvalue weighted by molar-refractivity contribution is 0.669. The van der Waals surface area contributed by atoms with Gasteiger partial charge in [-0.25, -0.2) is 0 Å². The van der Waals surface area contributed by atoms with Crippen LogP contribution in [-0.4, -0.2) is 0 Å². The number of hydrogen-bond donors (Lipinski definition) is 0. The third-order valence-electron chi connectivity index (χ3n) is 10.5. The molecule has 1 aromatic heterocycles. The van der Waals surface area contributed by atoms with Gasteiger partial charge in [-0.3, -0.25) is 0 Å². The fourth-order valence-corrected chi connectivity index (χ4v) is 7.99. The summed E-state index contributed by atoms with van der Waals surface area (Å²) in [4.78, 5) is 2.40. The van der Waals surface area contributed by atoms with Crippen molar-refractivity contribution in [3.8, 4) is 44.5 Å². The van der Waals surface area contributed by atoms with Gasteiger partial charge >= 0.3 is 0 Å². The largest absolute Gasteiger partial charge is 0.454 e. The summed E-state index contributed by atoms with van der Waals surface area (Å²) in [7, 11) is 0. The lowest BCUT2D eigenvalue weighted by Crippen LogP contribution is -2.12. The second kappa shape index (κ2) is 13.4.